The SMILES string of the molecule is CNC(=O)CCN(C)C(=O)C1CNCc2ccccc21. The first kappa shape index (κ1) is 14.5. The van der Waals surface area contributed by atoms with Crippen LogP contribution in [-0.4, -0.2) is 43.9 Å². The largest absolute Gasteiger partial charge is 0.359 e. The number of carbonyl (C=O) groups is 2. The molecule has 0 aliphatic carbocycles. The van der Waals surface area contributed by atoms with E-state index in [1.165, 1.54) is 5.56 Å². The molecule has 0 aromatic heterocycles. The van der Waals surface area contributed by atoms with Crippen molar-refractivity contribution in [2.24, 2.45) is 0 Å². The van der Waals surface area contributed by atoms with Gasteiger partial charge in [0.1, 0.15) is 0 Å². The van der Waals surface area contributed by atoms with Crippen molar-refractivity contribution >= 4 is 11.8 Å². The van der Waals surface area contributed by atoms with Gasteiger partial charge in [-0.2, -0.15) is 0 Å². The third-order valence-electron chi connectivity index (χ3n) is 3.72. The summed E-state index contributed by atoms with van der Waals surface area (Å²) in [5, 5.41) is 5.84. The lowest BCUT2D eigenvalue weighted by molar-refractivity contribution is -0.132. The van der Waals surface area contributed by atoms with Crippen molar-refractivity contribution in [3.8, 4) is 0 Å². The van der Waals surface area contributed by atoms with Gasteiger partial charge in [0, 0.05) is 40.2 Å². The Labute approximate surface area is 119 Å². The second-order valence-electron chi connectivity index (χ2n) is 5.07. The molecule has 0 saturated carbocycles. The van der Waals surface area contributed by atoms with Gasteiger partial charge in [0.25, 0.3) is 0 Å². The smallest absolute Gasteiger partial charge is 0.231 e. The molecule has 20 heavy (non-hydrogen) atoms. The molecule has 2 N–H and O–H groups in total. The Balaban J connectivity index is 2.04. The molecule has 2 amide bonds. The van der Waals surface area contributed by atoms with E-state index in [4.69, 9.17) is 0 Å². The molecule has 1 heterocycles. The lowest BCUT2D eigenvalue weighted by Gasteiger charge is -2.29. The van der Waals surface area contributed by atoms with E-state index < -0.39 is 0 Å². The average molecular weight is 275 g/mol. The molecule has 1 aliphatic rings. The van der Waals surface area contributed by atoms with E-state index in [1.54, 1.807) is 19.0 Å². The average Bonchev–Trinajstić information content (AvgIpc) is 2.50. The van der Waals surface area contributed by atoms with E-state index in [0.717, 1.165) is 12.1 Å². The second kappa shape index (κ2) is 6.52. The number of likely N-dealkylation sites (N-methyl/N-ethyl adjacent to an activating group) is 1. The maximum Gasteiger partial charge on any atom is 0.231 e. The van der Waals surface area contributed by atoms with E-state index in [1.807, 2.05) is 24.3 Å². The van der Waals surface area contributed by atoms with Gasteiger partial charge in [0.2, 0.25) is 11.8 Å². The number of hydrogen-bond acceptors (Lipinski definition) is 3. The van der Waals surface area contributed by atoms with Crippen LogP contribution in [0, 0.1) is 0 Å². The Morgan fingerprint density at radius 1 is 1.40 bits per heavy atom. The fourth-order valence-corrected chi connectivity index (χ4v) is 2.49. The molecule has 0 fully saturated rings. The number of benzene rings is 1. The first-order valence-electron chi connectivity index (χ1n) is 6.87. The molecule has 5 heteroatoms. The van der Waals surface area contributed by atoms with Crippen molar-refractivity contribution in [3.63, 3.8) is 0 Å². The zero-order valence-electron chi connectivity index (χ0n) is 12.0. The van der Waals surface area contributed by atoms with Gasteiger partial charge >= 0.3 is 0 Å². The molecular formula is C15H21N3O2. The van der Waals surface area contributed by atoms with Gasteiger partial charge in [-0.05, 0) is 11.1 Å². The maximum absolute atomic E-state index is 12.5. The van der Waals surface area contributed by atoms with Crippen LogP contribution in [0.4, 0.5) is 0 Å². The number of nitrogens with one attached hydrogen (secondary N) is 2. The molecule has 1 aromatic carbocycles. The third kappa shape index (κ3) is 3.17. The Hall–Kier alpha value is -1.88. The third-order valence-corrected chi connectivity index (χ3v) is 3.72. The lowest BCUT2D eigenvalue weighted by atomic mass is 9.90. The number of amides is 2. The fraction of sp³-hybridized carbons (Fsp3) is 0.467. The number of nitrogens with zero attached hydrogens (tertiary/aromatic N) is 1. The molecule has 0 spiro atoms. The molecular weight excluding hydrogens is 254 g/mol. The topological polar surface area (TPSA) is 61.4 Å². The zero-order valence-corrected chi connectivity index (χ0v) is 12.0. The fourth-order valence-electron chi connectivity index (χ4n) is 2.49. The van der Waals surface area contributed by atoms with Gasteiger partial charge in [-0.3, -0.25) is 9.59 Å². The minimum atomic E-state index is -0.158. The summed E-state index contributed by atoms with van der Waals surface area (Å²) in [6.07, 6.45) is 0.334. The molecule has 2 rings (SSSR count). The highest BCUT2D eigenvalue weighted by molar-refractivity contribution is 5.85. The number of hydrogen-bond donors (Lipinski definition) is 2. The highest BCUT2D eigenvalue weighted by atomic mass is 16.2. The Kier molecular flexibility index (Phi) is 4.74. The Bertz CT molecular complexity index is 502. The quantitative estimate of drug-likeness (QED) is 0.839. The van der Waals surface area contributed by atoms with E-state index in [0.29, 0.717) is 19.5 Å². The summed E-state index contributed by atoms with van der Waals surface area (Å²) in [7, 11) is 3.36. The Morgan fingerprint density at radius 3 is 2.90 bits per heavy atom. The summed E-state index contributed by atoms with van der Waals surface area (Å²) in [5.74, 6) is -0.144. The van der Waals surface area contributed by atoms with Crippen LogP contribution < -0.4 is 10.6 Å². The van der Waals surface area contributed by atoms with Crippen molar-refractivity contribution in [1.82, 2.24) is 15.5 Å². The van der Waals surface area contributed by atoms with E-state index in [2.05, 4.69) is 10.6 Å². The highest BCUT2D eigenvalue weighted by Gasteiger charge is 2.28. The van der Waals surface area contributed by atoms with Crippen molar-refractivity contribution in [1.29, 1.82) is 0 Å². The zero-order chi connectivity index (χ0) is 14.5. The van der Waals surface area contributed by atoms with Gasteiger partial charge in [-0.15, -0.1) is 0 Å². The lowest BCUT2D eigenvalue weighted by Crippen LogP contribution is -2.41. The van der Waals surface area contributed by atoms with Gasteiger partial charge in [-0.1, -0.05) is 24.3 Å². The molecule has 1 aliphatic heterocycles. The van der Waals surface area contributed by atoms with Crippen LogP contribution in [0.3, 0.4) is 0 Å². The molecule has 1 unspecified atom stereocenters. The van der Waals surface area contributed by atoms with Crippen LogP contribution in [0.2, 0.25) is 0 Å². The summed E-state index contributed by atoms with van der Waals surface area (Å²) in [4.78, 5) is 25.4. The van der Waals surface area contributed by atoms with E-state index in [9.17, 15) is 9.59 Å². The van der Waals surface area contributed by atoms with Gasteiger partial charge in [0.05, 0.1) is 5.92 Å². The summed E-state index contributed by atoms with van der Waals surface area (Å²) in [5.41, 5.74) is 2.28. The normalized spacial score (nSPS) is 17.2. The molecule has 1 aromatic rings. The van der Waals surface area contributed by atoms with Crippen molar-refractivity contribution in [2.45, 2.75) is 18.9 Å². The van der Waals surface area contributed by atoms with Crippen LogP contribution >= 0.6 is 0 Å². The van der Waals surface area contributed by atoms with Crippen LogP contribution in [-0.2, 0) is 16.1 Å². The van der Waals surface area contributed by atoms with Crippen LogP contribution in [0.15, 0.2) is 24.3 Å². The summed E-state index contributed by atoms with van der Waals surface area (Å²) >= 11 is 0. The predicted octanol–water partition coefficient (Wildman–Crippen LogP) is 0.468. The van der Waals surface area contributed by atoms with Gasteiger partial charge < -0.3 is 15.5 Å². The summed E-state index contributed by atoms with van der Waals surface area (Å²) < 4.78 is 0. The highest BCUT2D eigenvalue weighted by Crippen LogP contribution is 2.25. The minimum absolute atomic E-state index is 0.0492. The van der Waals surface area contributed by atoms with E-state index >= 15 is 0 Å². The van der Waals surface area contributed by atoms with Crippen LogP contribution in [0.5, 0.6) is 0 Å². The molecule has 5 nitrogen and oxygen atoms in total. The maximum atomic E-state index is 12.5. The van der Waals surface area contributed by atoms with Crippen LogP contribution in [0.25, 0.3) is 0 Å². The minimum Gasteiger partial charge on any atom is -0.359 e. The monoisotopic (exact) mass is 275 g/mol. The molecule has 0 bridgehead atoms. The van der Waals surface area contributed by atoms with Crippen LogP contribution in [0.1, 0.15) is 23.5 Å². The number of rotatable bonds is 4. The summed E-state index contributed by atoms with van der Waals surface area (Å²) in [6, 6.07) is 8.02. The van der Waals surface area contributed by atoms with Gasteiger partial charge in [-0.25, -0.2) is 0 Å². The molecule has 0 saturated heterocycles. The Morgan fingerprint density at radius 2 is 2.15 bits per heavy atom. The molecule has 0 radical (unpaired) electrons. The predicted molar refractivity (Wildman–Crippen MR) is 77.2 cm³/mol. The number of carbonyl (C=O) groups excluding carboxylic acids is 2. The first-order valence-corrected chi connectivity index (χ1v) is 6.87. The van der Waals surface area contributed by atoms with Crippen molar-refractivity contribution in [2.75, 3.05) is 27.2 Å². The molecule has 1 atom stereocenters. The summed E-state index contributed by atoms with van der Waals surface area (Å²) in [6.45, 7) is 1.90. The number of fused-ring (bicyclic) bond motifs is 1. The second-order valence-corrected chi connectivity index (χ2v) is 5.07. The van der Waals surface area contributed by atoms with E-state index in [-0.39, 0.29) is 17.7 Å². The molecule has 108 valence electrons. The van der Waals surface area contributed by atoms with Gasteiger partial charge in [0.15, 0.2) is 0 Å². The first-order chi connectivity index (χ1) is 9.63. The van der Waals surface area contributed by atoms with Crippen molar-refractivity contribution in [3.05, 3.63) is 35.4 Å². The van der Waals surface area contributed by atoms with Crippen molar-refractivity contribution < 1.29 is 9.59 Å². The standard InChI is InChI=1S/C15H21N3O2/c1-16-14(19)7-8-18(2)15(20)13-10-17-9-11-5-3-4-6-12(11)13/h3-6,13,17H,7-10H2,1-2H3,(H,16,19).